The Bertz CT molecular complexity index is 670. The zero-order valence-corrected chi connectivity index (χ0v) is 14.3. The second kappa shape index (κ2) is 7.62. The number of benzene rings is 2. The van der Waals surface area contributed by atoms with Crippen LogP contribution in [0.25, 0.3) is 0 Å². The number of anilines is 1. The molecule has 1 unspecified atom stereocenters. The van der Waals surface area contributed by atoms with Crippen molar-refractivity contribution in [3.63, 3.8) is 0 Å². The largest absolute Gasteiger partial charge is 0.488 e. The van der Waals surface area contributed by atoms with E-state index in [9.17, 15) is 4.79 Å². The number of hydrogen-bond donors (Lipinski definition) is 2. The van der Waals surface area contributed by atoms with E-state index in [1.165, 1.54) is 0 Å². The Morgan fingerprint density at radius 1 is 1.26 bits per heavy atom. The van der Waals surface area contributed by atoms with Crippen LogP contribution in [0.5, 0.6) is 5.75 Å². The number of halogens is 1. The van der Waals surface area contributed by atoms with Gasteiger partial charge in [0.2, 0.25) is 5.91 Å². The van der Waals surface area contributed by atoms with Crippen LogP contribution in [-0.2, 0) is 11.4 Å². The Hall–Kier alpha value is -1.85. The van der Waals surface area contributed by atoms with Gasteiger partial charge in [0.1, 0.15) is 12.4 Å². The molecule has 1 amide bonds. The van der Waals surface area contributed by atoms with Crippen molar-refractivity contribution in [2.75, 3.05) is 11.9 Å². The standard InChI is InChI=1S/C18H19BrN2O2/c19-15-11-14(21-18(22)16-7-4-10-20-16)8-9-17(15)23-12-13-5-2-1-3-6-13/h1-3,5-6,8-9,11,16,20H,4,7,10,12H2,(H,21,22). The first kappa shape index (κ1) is 16.0. The first-order valence-corrected chi connectivity index (χ1v) is 8.52. The van der Waals surface area contributed by atoms with Crippen LogP contribution in [0.1, 0.15) is 18.4 Å². The van der Waals surface area contributed by atoms with Crippen LogP contribution in [-0.4, -0.2) is 18.5 Å². The van der Waals surface area contributed by atoms with E-state index >= 15 is 0 Å². The van der Waals surface area contributed by atoms with Crippen LogP contribution < -0.4 is 15.4 Å². The summed E-state index contributed by atoms with van der Waals surface area (Å²) in [5.41, 5.74) is 1.88. The zero-order valence-electron chi connectivity index (χ0n) is 12.7. The van der Waals surface area contributed by atoms with E-state index in [2.05, 4.69) is 26.6 Å². The van der Waals surface area contributed by atoms with Crippen molar-refractivity contribution < 1.29 is 9.53 Å². The Morgan fingerprint density at radius 3 is 2.78 bits per heavy atom. The van der Waals surface area contributed by atoms with Crippen LogP contribution in [0.3, 0.4) is 0 Å². The quantitative estimate of drug-likeness (QED) is 0.838. The van der Waals surface area contributed by atoms with Gasteiger partial charge in [0.05, 0.1) is 10.5 Å². The minimum atomic E-state index is -0.0808. The van der Waals surface area contributed by atoms with Gasteiger partial charge in [-0.1, -0.05) is 30.3 Å². The molecule has 0 bridgehead atoms. The van der Waals surface area contributed by atoms with Crippen LogP contribution in [0, 0.1) is 0 Å². The lowest BCUT2D eigenvalue weighted by Crippen LogP contribution is -2.35. The number of hydrogen-bond acceptors (Lipinski definition) is 3. The predicted octanol–water partition coefficient (Wildman–Crippen LogP) is 3.72. The highest BCUT2D eigenvalue weighted by Gasteiger charge is 2.22. The van der Waals surface area contributed by atoms with E-state index in [0.717, 1.165) is 40.9 Å². The Labute approximate surface area is 144 Å². The molecule has 2 aromatic carbocycles. The van der Waals surface area contributed by atoms with E-state index in [4.69, 9.17) is 4.74 Å². The molecule has 0 aliphatic carbocycles. The molecular formula is C18H19BrN2O2. The van der Waals surface area contributed by atoms with Crippen LogP contribution >= 0.6 is 15.9 Å². The summed E-state index contributed by atoms with van der Waals surface area (Å²) in [7, 11) is 0. The maximum absolute atomic E-state index is 12.1. The van der Waals surface area contributed by atoms with Crippen LogP contribution in [0.4, 0.5) is 5.69 Å². The molecule has 23 heavy (non-hydrogen) atoms. The Morgan fingerprint density at radius 2 is 2.09 bits per heavy atom. The maximum Gasteiger partial charge on any atom is 0.241 e. The fourth-order valence-electron chi connectivity index (χ4n) is 2.57. The number of carbonyl (C=O) groups is 1. The number of nitrogens with one attached hydrogen (secondary N) is 2. The van der Waals surface area contributed by atoms with Gasteiger partial charge in [0, 0.05) is 5.69 Å². The summed E-state index contributed by atoms with van der Waals surface area (Å²) >= 11 is 3.50. The fraction of sp³-hybridized carbons (Fsp3) is 0.278. The molecule has 3 rings (SSSR count). The molecule has 0 aromatic heterocycles. The minimum Gasteiger partial charge on any atom is -0.488 e. The van der Waals surface area contributed by atoms with Crippen LogP contribution in [0.15, 0.2) is 53.0 Å². The summed E-state index contributed by atoms with van der Waals surface area (Å²) in [5.74, 6) is 0.776. The maximum atomic E-state index is 12.1. The highest BCUT2D eigenvalue weighted by Crippen LogP contribution is 2.29. The topological polar surface area (TPSA) is 50.4 Å². The lowest BCUT2D eigenvalue weighted by Gasteiger charge is -2.13. The van der Waals surface area contributed by atoms with Gasteiger partial charge in [-0.2, -0.15) is 0 Å². The summed E-state index contributed by atoms with van der Waals surface area (Å²) in [5, 5.41) is 6.13. The summed E-state index contributed by atoms with van der Waals surface area (Å²) in [6, 6.07) is 15.5. The number of carbonyl (C=O) groups excluding carboxylic acids is 1. The molecule has 4 nitrogen and oxygen atoms in total. The Balaban J connectivity index is 1.60. The van der Waals surface area contributed by atoms with Gasteiger partial charge in [0.25, 0.3) is 0 Å². The lowest BCUT2D eigenvalue weighted by atomic mass is 10.2. The molecule has 0 saturated carbocycles. The summed E-state index contributed by atoms with van der Waals surface area (Å²) in [6.07, 6.45) is 1.94. The number of rotatable bonds is 5. The fourth-order valence-corrected chi connectivity index (χ4v) is 3.06. The van der Waals surface area contributed by atoms with Crippen molar-refractivity contribution in [3.05, 3.63) is 58.6 Å². The molecule has 0 spiro atoms. The van der Waals surface area contributed by atoms with Crippen molar-refractivity contribution >= 4 is 27.5 Å². The van der Waals surface area contributed by atoms with Crippen LogP contribution in [0.2, 0.25) is 0 Å². The SMILES string of the molecule is O=C(Nc1ccc(OCc2ccccc2)c(Br)c1)C1CCCN1. The first-order chi connectivity index (χ1) is 11.2. The van der Waals surface area contributed by atoms with E-state index in [-0.39, 0.29) is 11.9 Å². The van der Waals surface area contributed by atoms with Gasteiger partial charge >= 0.3 is 0 Å². The van der Waals surface area contributed by atoms with Crippen molar-refractivity contribution in [2.45, 2.75) is 25.5 Å². The van der Waals surface area contributed by atoms with Crippen molar-refractivity contribution in [2.24, 2.45) is 0 Å². The normalized spacial score (nSPS) is 17.0. The summed E-state index contributed by atoms with van der Waals surface area (Å²) < 4.78 is 6.64. The first-order valence-electron chi connectivity index (χ1n) is 7.73. The summed E-state index contributed by atoms with van der Waals surface area (Å²) in [4.78, 5) is 12.1. The third-order valence-electron chi connectivity index (χ3n) is 3.81. The molecule has 120 valence electrons. The van der Waals surface area contributed by atoms with Gasteiger partial charge in [-0.25, -0.2) is 0 Å². The van der Waals surface area contributed by atoms with Crippen molar-refractivity contribution in [1.29, 1.82) is 0 Å². The van der Waals surface area contributed by atoms with E-state index < -0.39 is 0 Å². The molecule has 1 heterocycles. The van der Waals surface area contributed by atoms with E-state index in [1.807, 2.05) is 48.5 Å². The minimum absolute atomic E-state index is 0.0207. The Kier molecular flexibility index (Phi) is 5.31. The average Bonchev–Trinajstić information content (AvgIpc) is 3.10. The molecule has 1 aliphatic heterocycles. The monoisotopic (exact) mass is 374 g/mol. The van der Waals surface area contributed by atoms with Crippen molar-refractivity contribution in [3.8, 4) is 5.75 Å². The molecule has 1 fully saturated rings. The molecule has 5 heteroatoms. The third-order valence-corrected chi connectivity index (χ3v) is 4.43. The molecule has 1 atom stereocenters. The smallest absolute Gasteiger partial charge is 0.241 e. The molecular weight excluding hydrogens is 356 g/mol. The van der Waals surface area contributed by atoms with E-state index in [1.54, 1.807) is 0 Å². The molecule has 2 aromatic rings. The summed E-state index contributed by atoms with van der Waals surface area (Å²) in [6.45, 7) is 1.42. The highest BCUT2D eigenvalue weighted by atomic mass is 79.9. The zero-order chi connectivity index (χ0) is 16.1. The van der Waals surface area contributed by atoms with Gasteiger partial charge < -0.3 is 15.4 Å². The molecule has 0 radical (unpaired) electrons. The number of ether oxygens (including phenoxy) is 1. The lowest BCUT2D eigenvalue weighted by molar-refractivity contribution is -0.117. The van der Waals surface area contributed by atoms with Crippen molar-refractivity contribution in [1.82, 2.24) is 5.32 Å². The molecule has 1 saturated heterocycles. The van der Waals surface area contributed by atoms with Gasteiger partial charge in [-0.05, 0) is 59.1 Å². The van der Waals surface area contributed by atoms with Gasteiger partial charge in [-0.3, -0.25) is 4.79 Å². The molecule has 2 N–H and O–H groups in total. The second-order valence-corrected chi connectivity index (χ2v) is 6.41. The van der Waals surface area contributed by atoms with Gasteiger partial charge in [0.15, 0.2) is 0 Å². The number of amides is 1. The highest BCUT2D eigenvalue weighted by molar-refractivity contribution is 9.10. The predicted molar refractivity (Wildman–Crippen MR) is 94.6 cm³/mol. The second-order valence-electron chi connectivity index (χ2n) is 5.56. The van der Waals surface area contributed by atoms with Gasteiger partial charge in [-0.15, -0.1) is 0 Å². The molecule has 1 aliphatic rings. The average molecular weight is 375 g/mol. The van der Waals surface area contributed by atoms with E-state index in [0.29, 0.717) is 6.61 Å². The third kappa shape index (κ3) is 4.33.